The van der Waals surface area contributed by atoms with Gasteiger partial charge in [-0.2, -0.15) is 0 Å². The molecule has 3 aromatic rings. The van der Waals surface area contributed by atoms with Gasteiger partial charge in [0.2, 0.25) is 5.91 Å². The normalized spacial score (nSPS) is 17.3. The molecule has 1 amide bonds. The van der Waals surface area contributed by atoms with E-state index in [-0.39, 0.29) is 53.7 Å². The van der Waals surface area contributed by atoms with E-state index in [0.717, 1.165) is 36.1 Å². The van der Waals surface area contributed by atoms with Crippen molar-refractivity contribution < 1.29 is 19.4 Å². The van der Waals surface area contributed by atoms with Crippen LogP contribution in [0.15, 0.2) is 121 Å². The maximum absolute atomic E-state index is 14.3. The van der Waals surface area contributed by atoms with E-state index in [1.165, 1.54) is 22.3 Å². The van der Waals surface area contributed by atoms with Crippen molar-refractivity contribution in [1.82, 2.24) is 5.32 Å². The number of halogens is 1. The van der Waals surface area contributed by atoms with Gasteiger partial charge in [-0.15, -0.1) is 6.58 Å². The molecule has 0 fully saturated rings. The topological polar surface area (TPSA) is 108 Å². The van der Waals surface area contributed by atoms with E-state index >= 15 is 0 Å². The van der Waals surface area contributed by atoms with Crippen LogP contribution in [0.25, 0.3) is 11.1 Å². The van der Waals surface area contributed by atoms with Gasteiger partial charge in [0.15, 0.2) is 0 Å². The van der Waals surface area contributed by atoms with Crippen LogP contribution in [0.4, 0.5) is 10.1 Å². The Morgan fingerprint density at radius 2 is 1.53 bits per heavy atom. The van der Waals surface area contributed by atoms with Crippen LogP contribution in [0.1, 0.15) is 83.8 Å². The first-order valence-electron chi connectivity index (χ1n) is 19.2. The number of benzene rings is 3. The molecule has 4 rings (SSSR count). The minimum atomic E-state index is -0.746. The number of hydrogen-bond acceptors (Lipinski definition) is 5. The summed E-state index contributed by atoms with van der Waals surface area (Å²) in [5.74, 6) is 0.615. The molecule has 1 aliphatic rings. The van der Waals surface area contributed by atoms with Crippen LogP contribution >= 0.6 is 0 Å². The van der Waals surface area contributed by atoms with Crippen LogP contribution in [0, 0.1) is 29.5 Å². The molecule has 2 unspecified atom stereocenters. The van der Waals surface area contributed by atoms with Crippen molar-refractivity contribution in [3.05, 3.63) is 138 Å². The van der Waals surface area contributed by atoms with Crippen molar-refractivity contribution in [3.8, 4) is 0 Å². The summed E-state index contributed by atoms with van der Waals surface area (Å²) in [5, 5.41) is 26.0. The molecule has 0 aromatic heterocycles. The van der Waals surface area contributed by atoms with Crippen molar-refractivity contribution >= 4 is 22.7 Å². The predicted molar refractivity (Wildman–Crippen MR) is 218 cm³/mol. The van der Waals surface area contributed by atoms with Crippen LogP contribution in [0.3, 0.4) is 0 Å². The monoisotopic (exact) mass is 721 g/mol. The van der Waals surface area contributed by atoms with Crippen LogP contribution in [-0.4, -0.2) is 40.9 Å². The average Bonchev–Trinajstić information content (AvgIpc) is 3.45. The Morgan fingerprint density at radius 3 is 2.13 bits per heavy atom. The van der Waals surface area contributed by atoms with E-state index in [0.29, 0.717) is 31.7 Å². The fraction of sp³-hybridized carbons (Fsp3) is 0.413. The Balaban J connectivity index is 1.54. The number of carbonyl (C=O) groups excluding carboxylic acids is 1. The summed E-state index contributed by atoms with van der Waals surface area (Å²) in [6.07, 6.45) is 5.47. The van der Waals surface area contributed by atoms with Gasteiger partial charge in [0.1, 0.15) is 5.82 Å². The molecule has 7 heteroatoms. The van der Waals surface area contributed by atoms with Gasteiger partial charge in [-0.05, 0) is 102 Å². The minimum absolute atomic E-state index is 0.00191. The summed E-state index contributed by atoms with van der Waals surface area (Å²) < 4.78 is 14.3. The summed E-state index contributed by atoms with van der Waals surface area (Å²) >= 11 is 0. The second kappa shape index (κ2) is 20.1. The van der Waals surface area contributed by atoms with Crippen LogP contribution < -0.4 is 16.4 Å². The lowest BCUT2D eigenvalue weighted by Crippen LogP contribution is -2.33. The molecule has 3 aromatic carbocycles. The first-order valence-corrected chi connectivity index (χ1v) is 19.2. The SMILES string of the molecule is C=CC(Nc1ccccc1)C1=C(C(C)C)C(CC[C@@H](C)C[C@@H](C)CC(=O)NCC[C@@H](N)C[C@@H](O)CC(=C)O)C(c2ccc(F)cc2)=C1c1ccccc1. The molecular weight excluding hydrogens is 662 g/mol. The fourth-order valence-corrected chi connectivity index (χ4v) is 7.96. The van der Waals surface area contributed by atoms with Crippen LogP contribution in [0.5, 0.6) is 0 Å². The summed E-state index contributed by atoms with van der Waals surface area (Å²) in [4.78, 5) is 12.8. The van der Waals surface area contributed by atoms with Crippen molar-refractivity contribution in [2.24, 2.45) is 29.4 Å². The Hall–Kier alpha value is -4.46. The maximum atomic E-state index is 14.3. The molecule has 53 heavy (non-hydrogen) atoms. The number of aliphatic hydroxyl groups is 2. The molecule has 0 saturated carbocycles. The lowest BCUT2D eigenvalue weighted by atomic mass is 9.79. The molecular formula is C46H60FN3O3. The third-order valence-electron chi connectivity index (χ3n) is 10.2. The van der Waals surface area contributed by atoms with E-state index in [9.17, 15) is 19.4 Å². The van der Waals surface area contributed by atoms with Crippen molar-refractivity contribution in [1.29, 1.82) is 0 Å². The largest absolute Gasteiger partial charge is 0.513 e. The van der Waals surface area contributed by atoms with E-state index < -0.39 is 6.10 Å². The highest BCUT2D eigenvalue weighted by atomic mass is 19.1. The van der Waals surface area contributed by atoms with Gasteiger partial charge in [-0.3, -0.25) is 4.79 Å². The number of rotatable bonds is 21. The lowest BCUT2D eigenvalue weighted by molar-refractivity contribution is -0.122. The number of allylic oxidation sites excluding steroid dienone is 2. The van der Waals surface area contributed by atoms with E-state index in [4.69, 9.17) is 5.73 Å². The molecule has 6 N–H and O–H groups in total. The van der Waals surface area contributed by atoms with E-state index in [1.54, 1.807) is 12.1 Å². The highest BCUT2D eigenvalue weighted by Gasteiger charge is 2.38. The standard InChI is InChI=1S/C46H60FN3O3/c1-7-41(50-38-16-12-9-13-17-38)46-43(30(2)3)40(44(35-19-21-36(47)22-20-35)45(46)34-14-10-8-11-15-34)23-18-31(4)26-32(5)27-42(53)49-25-24-37(48)29-39(52)28-33(6)51/h7-17,19-22,30-32,37,39-41,50-52H,1,6,18,23-29,48H2,2-5H3,(H,49,53)/t31-,32-,37-,39+,40?,41?/m1/s1. The Labute approximate surface area is 316 Å². The maximum Gasteiger partial charge on any atom is 0.220 e. The molecule has 1 aliphatic carbocycles. The number of amides is 1. The number of carbonyl (C=O) groups is 1. The van der Waals surface area contributed by atoms with Gasteiger partial charge in [0, 0.05) is 37.0 Å². The third kappa shape index (κ3) is 12.0. The number of anilines is 1. The Bertz CT molecular complexity index is 1700. The fourth-order valence-electron chi connectivity index (χ4n) is 7.96. The molecule has 0 spiro atoms. The molecule has 0 radical (unpaired) electrons. The zero-order chi connectivity index (χ0) is 38.5. The highest BCUT2D eigenvalue weighted by molar-refractivity contribution is 6.05. The number of nitrogens with one attached hydrogen (secondary N) is 2. The molecule has 0 bridgehead atoms. The van der Waals surface area contributed by atoms with Gasteiger partial charge >= 0.3 is 0 Å². The lowest BCUT2D eigenvalue weighted by Gasteiger charge is -2.27. The summed E-state index contributed by atoms with van der Waals surface area (Å²) in [5.41, 5.74) is 14.3. The third-order valence-corrected chi connectivity index (χ3v) is 10.2. The summed E-state index contributed by atoms with van der Waals surface area (Å²) in [7, 11) is 0. The zero-order valence-electron chi connectivity index (χ0n) is 32.0. The first kappa shape index (κ1) is 41.3. The summed E-state index contributed by atoms with van der Waals surface area (Å²) in [6, 6.07) is 27.3. The Kier molecular flexibility index (Phi) is 15.7. The van der Waals surface area contributed by atoms with Crippen LogP contribution in [-0.2, 0) is 4.79 Å². The highest BCUT2D eigenvalue weighted by Crippen LogP contribution is 2.53. The molecule has 6 nitrogen and oxygen atoms in total. The molecule has 0 aliphatic heterocycles. The number of hydrogen-bond donors (Lipinski definition) is 5. The van der Waals surface area contributed by atoms with Gasteiger partial charge in [-0.1, -0.05) is 107 Å². The second-order valence-electron chi connectivity index (χ2n) is 15.2. The van der Waals surface area contributed by atoms with Crippen molar-refractivity contribution in [2.75, 3.05) is 11.9 Å². The molecule has 0 saturated heterocycles. The van der Waals surface area contributed by atoms with Gasteiger partial charge in [-0.25, -0.2) is 4.39 Å². The van der Waals surface area contributed by atoms with Gasteiger partial charge in [0.05, 0.1) is 17.9 Å². The molecule has 6 atom stereocenters. The van der Waals surface area contributed by atoms with Crippen molar-refractivity contribution in [2.45, 2.75) is 90.8 Å². The smallest absolute Gasteiger partial charge is 0.220 e. The van der Waals surface area contributed by atoms with Crippen LogP contribution in [0.2, 0.25) is 0 Å². The van der Waals surface area contributed by atoms with Crippen molar-refractivity contribution in [3.63, 3.8) is 0 Å². The molecule has 0 heterocycles. The van der Waals surface area contributed by atoms with E-state index in [2.05, 4.69) is 87.9 Å². The van der Waals surface area contributed by atoms with Gasteiger partial charge in [0.25, 0.3) is 0 Å². The second-order valence-corrected chi connectivity index (χ2v) is 15.2. The first-order chi connectivity index (χ1) is 25.4. The average molecular weight is 722 g/mol. The summed E-state index contributed by atoms with van der Waals surface area (Å²) in [6.45, 7) is 17.1. The minimum Gasteiger partial charge on any atom is -0.513 e. The van der Waals surface area contributed by atoms with Gasteiger partial charge < -0.3 is 26.6 Å². The quantitative estimate of drug-likeness (QED) is 0.0556. The predicted octanol–water partition coefficient (Wildman–Crippen LogP) is 9.86. The number of para-hydroxylation sites is 1. The van der Waals surface area contributed by atoms with E-state index in [1.807, 2.05) is 42.5 Å². The zero-order valence-corrected chi connectivity index (χ0v) is 32.0. The number of nitrogens with two attached hydrogens (primary N) is 1. The molecule has 284 valence electrons. The number of aliphatic hydroxyl groups excluding tert-OH is 2. The Morgan fingerprint density at radius 1 is 0.887 bits per heavy atom.